The summed E-state index contributed by atoms with van der Waals surface area (Å²) in [5.74, 6) is -2.44. The lowest BCUT2D eigenvalue weighted by molar-refractivity contribution is -0.161. The van der Waals surface area contributed by atoms with E-state index in [0.29, 0.717) is 32.1 Å². The predicted molar refractivity (Wildman–Crippen MR) is 454 cm³/mol. The quantitative estimate of drug-likeness (QED) is 0.0169. The van der Waals surface area contributed by atoms with Crippen LogP contribution in [0.3, 0.4) is 0 Å². The molecule has 0 bridgehead atoms. The first-order valence-electron chi connectivity index (χ1n) is 41.7. The second kappa shape index (κ2) is 80.9. The molecule has 0 aromatic carbocycles. The Morgan fingerprint density at radius 3 is 0.836 bits per heavy atom. The first-order valence-corrected chi connectivity index (χ1v) is 44.7. The molecular weight excluding hydrogens is 1430 g/mol. The average molecular weight is 1570 g/mol. The number of aliphatic hydroxyl groups is 1. The lowest BCUT2D eigenvalue weighted by Gasteiger charge is -2.21. The van der Waals surface area contributed by atoms with Crippen LogP contribution in [0.5, 0.6) is 0 Å². The Labute approximate surface area is 666 Å². The molecule has 0 rings (SSSR count). The topological polar surface area (TPSA) is 237 Å². The van der Waals surface area contributed by atoms with Crippen LogP contribution in [0.25, 0.3) is 0 Å². The molecule has 110 heavy (non-hydrogen) atoms. The number of hydrogen-bond acceptors (Lipinski definition) is 15. The van der Waals surface area contributed by atoms with Crippen molar-refractivity contribution in [2.45, 2.75) is 316 Å². The van der Waals surface area contributed by atoms with Crippen molar-refractivity contribution in [2.75, 3.05) is 39.6 Å². The zero-order valence-corrected chi connectivity index (χ0v) is 69.9. The number of allylic oxidation sites excluding steroid dienone is 31. The van der Waals surface area contributed by atoms with E-state index in [-0.39, 0.29) is 25.7 Å². The molecule has 0 heterocycles. The van der Waals surface area contributed by atoms with E-state index in [0.717, 1.165) is 173 Å². The highest BCUT2D eigenvalue weighted by Crippen LogP contribution is 2.45. The Hall–Kier alpha value is -6.10. The number of rotatable bonds is 76. The van der Waals surface area contributed by atoms with Crippen LogP contribution >= 0.6 is 15.6 Å². The van der Waals surface area contributed by atoms with Gasteiger partial charge in [0, 0.05) is 19.3 Å². The van der Waals surface area contributed by atoms with Crippen LogP contribution in [-0.2, 0) is 65.4 Å². The van der Waals surface area contributed by atoms with E-state index in [9.17, 15) is 43.2 Å². The Bertz CT molecular complexity index is 2850. The third-order valence-corrected chi connectivity index (χ3v) is 18.5. The molecular formula is C91H146O17P2. The molecule has 622 valence electrons. The van der Waals surface area contributed by atoms with Crippen LogP contribution in [0.2, 0.25) is 0 Å². The second-order valence-corrected chi connectivity index (χ2v) is 29.9. The van der Waals surface area contributed by atoms with Crippen LogP contribution in [0.15, 0.2) is 194 Å². The molecule has 5 atom stereocenters. The number of phosphoric acid groups is 2. The van der Waals surface area contributed by atoms with Crippen molar-refractivity contribution in [3.05, 3.63) is 194 Å². The van der Waals surface area contributed by atoms with Crippen LogP contribution in [0, 0.1) is 0 Å². The largest absolute Gasteiger partial charge is 0.472 e. The SMILES string of the molecule is CC/C=C\C/C=C\C/C=C\C/C=C\C/C=C\CCCC(=O)OC(COC(=O)CCCCCCCC/C=C\C/C=C\C/C=C\CCCCC)COP(=O)(O)OCC(O)COP(=O)(O)OCC(COC(=O)CCCCCCCC/C=C\C/C=C\C/C=C\CCCCC)OC(=O)C/C=C\C/C=C\C/C=C\C/C=C\C/C=C\CC. The second-order valence-electron chi connectivity index (χ2n) is 27.0. The monoisotopic (exact) mass is 1570 g/mol. The molecule has 0 fully saturated rings. The summed E-state index contributed by atoms with van der Waals surface area (Å²) in [5, 5.41) is 10.7. The van der Waals surface area contributed by atoms with Crippen LogP contribution < -0.4 is 0 Å². The molecule has 0 amide bonds. The lowest BCUT2D eigenvalue weighted by atomic mass is 10.1. The van der Waals surface area contributed by atoms with Crippen molar-refractivity contribution in [1.29, 1.82) is 0 Å². The molecule has 0 aliphatic carbocycles. The van der Waals surface area contributed by atoms with Gasteiger partial charge in [0.15, 0.2) is 12.2 Å². The Balaban J connectivity index is 5.52. The van der Waals surface area contributed by atoms with Gasteiger partial charge in [-0.2, -0.15) is 0 Å². The van der Waals surface area contributed by atoms with E-state index in [1.165, 1.54) is 38.5 Å². The van der Waals surface area contributed by atoms with E-state index < -0.39 is 97.5 Å². The number of unbranched alkanes of at least 4 members (excludes halogenated alkanes) is 19. The molecule has 5 unspecified atom stereocenters. The highest BCUT2D eigenvalue weighted by atomic mass is 31.2. The molecule has 0 aliphatic heterocycles. The Morgan fingerprint density at radius 1 is 0.273 bits per heavy atom. The van der Waals surface area contributed by atoms with Gasteiger partial charge in [0.1, 0.15) is 19.3 Å². The zero-order chi connectivity index (χ0) is 80.3. The van der Waals surface area contributed by atoms with Crippen molar-refractivity contribution in [3.8, 4) is 0 Å². The molecule has 0 aromatic heterocycles. The Kier molecular flexibility index (Phi) is 76.4. The number of phosphoric ester groups is 2. The summed E-state index contributed by atoms with van der Waals surface area (Å²) < 4.78 is 68.5. The Morgan fingerprint density at radius 2 is 0.518 bits per heavy atom. The van der Waals surface area contributed by atoms with E-state index >= 15 is 0 Å². The van der Waals surface area contributed by atoms with Gasteiger partial charge >= 0.3 is 39.5 Å². The van der Waals surface area contributed by atoms with Crippen molar-refractivity contribution < 1.29 is 80.2 Å². The molecule has 17 nitrogen and oxygen atoms in total. The van der Waals surface area contributed by atoms with E-state index in [2.05, 4.69) is 186 Å². The molecule has 0 radical (unpaired) electrons. The van der Waals surface area contributed by atoms with Gasteiger partial charge in [-0.1, -0.05) is 299 Å². The fourth-order valence-electron chi connectivity index (χ4n) is 10.3. The van der Waals surface area contributed by atoms with Gasteiger partial charge in [0.25, 0.3) is 0 Å². The minimum Gasteiger partial charge on any atom is -0.462 e. The van der Waals surface area contributed by atoms with Gasteiger partial charge in [-0.15, -0.1) is 0 Å². The maximum atomic E-state index is 13.1. The first-order chi connectivity index (χ1) is 53.7. The molecule has 19 heteroatoms. The predicted octanol–water partition coefficient (Wildman–Crippen LogP) is 24.9. The van der Waals surface area contributed by atoms with Crippen molar-refractivity contribution in [3.63, 3.8) is 0 Å². The fraction of sp³-hybridized carbons (Fsp3) is 0.604. The maximum absolute atomic E-state index is 13.1. The third kappa shape index (κ3) is 80.0. The number of aliphatic hydroxyl groups excluding tert-OH is 1. The molecule has 3 N–H and O–H groups in total. The highest BCUT2D eigenvalue weighted by Gasteiger charge is 2.30. The fourth-order valence-corrected chi connectivity index (χ4v) is 11.9. The number of ether oxygens (including phenoxy) is 4. The lowest BCUT2D eigenvalue weighted by Crippen LogP contribution is -2.30. The van der Waals surface area contributed by atoms with Crippen molar-refractivity contribution in [2.24, 2.45) is 0 Å². The van der Waals surface area contributed by atoms with Gasteiger partial charge in [-0.3, -0.25) is 37.3 Å². The minimum atomic E-state index is -5.02. The molecule has 0 spiro atoms. The number of hydrogen-bond donors (Lipinski definition) is 3. The normalized spacial score (nSPS) is 14.8. The van der Waals surface area contributed by atoms with E-state index in [4.69, 9.17) is 37.0 Å². The van der Waals surface area contributed by atoms with Crippen LogP contribution in [0.4, 0.5) is 0 Å². The zero-order valence-electron chi connectivity index (χ0n) is 68.1. The van der Waals surface area contributed by atoms with Gasteiger partial charge in [0.2, 0.25) is 0 Å². The third-order valence-electron chi connectivity index (χ3n) is 16.6. The summed E-state index contributed by atoms with van der Waals surface area (Å²) in [6.07, 6.45) is 100. The van der Waals surface area contributed by atoms with E-state index in [1.807, 2.05) is 24.3 Å². The van der Waals surface area contributed by atoms with Gasteiger partial charge < -0.3 is 33.8 Å². The molecule has 0 aromatic rings. The standard InChI is InChI=1S/C91H146O17P2/c1-5-9-13-17-21-25-29-33-37-40-42-45-48-51-55-59-63-67-71-75-88(93)101-81-86(107-90(95)77-73-69-65-61-57-53-47-36-32-28-24-20-16-12-8-4)83-105-109(97,98)103-79-85(92)80-104-110(99,100)106-84-87(108-91(96)78-74-70-66-62-58-54-50-44-39-35-31-27-23-19-15-11-7-3)82-102-89(94)76-72-68-64-60-56-52-49-46-43-41-38-34-30-26-22-18-14-10-6-2/h11-12,15-16,21-28,33-39,42-43,45-47,50,54,57,61-62,66,69,73,85-87,92H,5-10,13-14,17-20,29-32,40-41,44,48-49,51-53,55-56,58-60,63-65,67-68,70-72,74-84H2,1-4H3,(H,97,98)(H,99,100)/b15-11-,16-12-,25-21-,26-22-,27-23-,28-24-,37-33-,38-34-,39-35-,45-42-,46-43-,47-36-,54-50-,61-57-,66-62-,73-69-. The van der Waals surface area contributed by atoms with Crippen molar-refractivity contribution in [1.82, 2.24) is 0 Å². The number of carbonyl (C=O) groups excluding carboxylic acids is 4. The van der Waals surface area contributed by atoms with Crippen molar-refractivity contribution >= 4 is 39.5 Å². The van der Waals surface area contributed by atoms with Gasteiger partial charge in [-0.25, -0.2) is 9.13 Å². The number of esters is 4. The summed E-state index contributed by atoms with van der Waals surface area (Å²) in [6, 6.07) is 0. The van der Waals surface area contributed by atoms with Crippen LogP contribution in [0.1, 0.15) is 297 Å². The summed E-state index contributed by atoms with van der Waals surface area (Å²) in [7, 11) is -10.0. The van der Waals surface area contributed by atoms with E-state index in [1.54, 1.807) is 12.2 Å². The summed E-state index contributed by atoms with van der Waals surface area (Å²) in [6.45, 7) is 4.37. The summed E-state index contributed by atoms with van der Waals surface area (Å²) in [4.78, 5) is 73.1. The summed E-state index contributed by atoms with van der Waals surface area (Å²) >= 11 is 0. The minimum absolute atomic E-state index is 0.00327. The summed E-state index contributed by atoms with van der Waals surface area (Å²) in [5.41, 5.74) is 0. The van der Waals surface area contributed by atoms with Gasteiger partial charge in [0.05, 0.1) is 32.8 Å². The highest BCUT2D eigenvalue weighted by molar-refractivity contribution is 7.47. The smallest absolute Gasteiger partial charge is 0.462 e. The van der Waals surface area contributed by atoms with Crippen LogP contribution in [-0.4, -0.2) is 96.7 Å². The first kappa shape index (κ1) is 104. The maximum Gasteiger partial charge on any atom is 0.472 e. The molecule has 0 saturated carbocycles. The molecule has 0 saturated heterocycles. The average Bonchev–Trinajstić information content (AvgIpc) is 0.906. The molecule has 0 aliphatic rings. The number of carbonyl (C=O) groups is 4. The van der Waals surface area contributed by atoms with Gasteiger partial charge in [-0.05, 0) is 167 Å².